The van der Waals surface area contributed by atoms with Crippen molar-refractivity contribution < 1.29 is 36.6 Å². The van der Waals surface area contributed by atoms with E-state index in [9.17, 15) is 27.2 Å². The molecular formula is C17H21ClF4N2O4. The molecule has 0 saturated heterocycles. The van der Waals surface area contributed by atoms with E-state index < -0.39 is 48.0 Å². The number of amides is 2. The second-order valence-corrected chi connectivity index (χ2v) is 7.60. The van der Waals surface area contributed by atoms with Crippen LogP contribution >= 0.6 is 11.6 Å². The minimum absolute atomic E-state index is 0.273. The first kappa shape index (κ1) is 23.8. The lowest BCUT2D eigenvalue weighted by Crippen LogP contribution is -2.34. The highest BCUT2D eigenvalue weighted by atomic mass is 35.5. The lowest BCUT2D eigenvalue weighted by atomic mass is 9.89. The van der Waals surface area contributed by atoms with E-state index in [0.29, 0.717) is 6.42 Å². The topological polar surface area (TPSA) is 90.7 Å². The van der Waals surface area contributed by atoms with Crippen molar-refractivity contribution in [2.24, 2.45) is 11.1 Å². The van der Waals surface area contributed by atoms with Gasteiger partial charge in [0.25, 0.3) is 5.91 Å². The van der Waals surface area contributed by atoms with Crippen molar-refractivity contribution in [2.45, 2.75) is 39.5 Å². The van der Waals surface area contributed by atoms with Crippen LogP contribution in [0.1, 0.15) is 37.6 Å². The molecule has 0 aliphatic heterocycles. The number of nitrogens with one attached hydrogen (secondary N) is 1. The smallest absolute Gasteiger partial charge is 0.405 e. The Morgan fingerprint density at radius 2 is 1.86 bits per heavy atom. The Bertz CT molecular complexity index is 720. The van der Waals surface area contributed by atoms with Gasteiger partial charge in [0.1, 0.15) is 19.3 Å². The van der Waals surface area contributed by atoms with Crippen LogP contribution in [0.4, 0.5) is 22.4 Å². The van der Waals surface area contributed by atoms with Crippen LogP contribution in [0.2, 0.25) is 5.02 Å². The van der Waals surface area contributed by atoms with Crippen LogP contribution in [0.3, 0.4) is 0 Å². The van der Waals surface area contributed by atoms with E-state index in [-0.39, 0.29) is 17.0 Å². The van der Waals surface area contributed by atoms with Gasteiger partial charge in [0.05, 0.1) is 10.6 Å². The van der Waals surface area contributed by atoms with Gasteiger partial charge in [0, 0.05) is 0 Å². The number of benzene rings is 1. The standard InChI is InChI=1S/C17H21ClF4N2O4/c1-16(2,3)6-9(28-15(23)26)7-27-13-4-10(11(18)5-12(13)19)14(25)24-8-17(20,21)22/h4-5,9H,6-8H2,1-3H3,(H2,23,26)(H,24,25)/t9-/m0/s1. The van der Waals surface area contributed by atoms with Crippen LogP contribution in [0.5, 0.6) is 5.75 Å². The van der Waals surface area contributed by atoms with Gasteiger partial charge in [0.15, 0.2) is 11.6 Å². The zero-order valence-corrected chi connectivity index (χ0v) is 16.2. The zero-order chi connectivity index (χ0) is 21.7. The fraction of sp³-hybridized carbons (Fsp3) is 0.529. The number of carbonyl (C=O) groups is 2. The first-order valence-electron chi connectivity index (χ1n) is 8.11. The third-order valence-electron chi connectivity index (χ3n) is 3.26. The minimum atomic E-state index is -4.62. The number of hydrogen-bond acceptors (Lipinski definition) is 4. The van der Waals surface area contributed by atoms with Gasteiger partial charge in [-0.05, 0) is 24.0 Å². The summed E-state index contributed by atoms with van der Waals surface area (Å²) in [6.45, 7) is 3.75. The Balaban J connectivity index is 2.95. The largest absolute Gasteiger partial charge is 0.487 e. The second-order valence-electron chi connectivity index (χ2n) is 7.20. The van der Waals surface area contributed by atoms with Gasteiger partial charge >= 0.3 is 12.3 Å². The number of halogens is 5. The summed E-state index contributed by atoms with van der Waals surface area (Å²) in [7, 11) is 0. The Kier molecular flexibility index (Phi) is 7.92. The predicted molar refractivity (Wildman–Crippen MR) is 93.8 cm³/mol. The minimum Gasteiger partial charge on any atom is -0.487 e. The molecule has 28 heavy (non-hydrogen) atoms. The first-order chi connectivity index (χ1) is 12.7. The van der Waals surface area contributed by atoms with Gasteiger partial charge in [-0.2, -0.15) is 13.2 Å². The summed E-state index contributed by atoms with van der Waals surface area (Å²) in [6.07, 6.45) is -6.13. The van der Waals surface area contributed by atoms with Gasteiger partial charge in [-0.15, -0.1) is 0 Å². The summed E-state index contributed by atoms with van der Waals surface area (Å²) in [5.74, 6) is -2.52. The molecule has 0 fully saturated rings. The molecule has 2 amide bonds. The van der Waals surface area contributed by atoms with Crippen molar-refractivity contribution in [2.75, 3.05) is 13.2 Å². The third-order valence-corrected chi connectivity index (χ3v) is 3.58. The quantitative estimate of drug-likeness (QED) is 0.641. The average molecular weight is 429 g/mol. The number of primary amides is 1. The summed E-state index contributed by atoms with van der Waals surface area (Å²) in [4.78, 5) is 22.9. The van der Waals surface area contributed by atoms with Crippen LogP contribution in [-0.4, -0.2) is 37.4 Å². The number of hydrogen-bond donors (Lipinski definition) is 2. The molecule has 1 aromatic carbocycles. The fourth-order valence-electron chi connectivity index (χ4n) is 2.25. The summed E-state index contributed by atoms with van der Waals surface area (Å²) in [5.41, 5.74) is 4.34. The lowest BCUT2D eigenvalue weighted by molar-refractivity contribution is -0.123. The highest BCUT2D eigenvalue weighted by Gasteiger charge is 2.29. The van der Waals surface area contributed by atoms with Gasteiger partial charge in [0.2, 0.25) is 0 Å². The van der Waals surface area contributed by atoms with E-state index in [2.05, 4.69) is 0 Å². The Hall–Kier alpha value is -2.23. The lowest BCUT2D eigenvalue weighted by Gasteiger charge is -2.25. The second kappa shape index (κ2) is 9.31. The van der Waals surface area contributed by atoms with Crippen LogP contribution in [0.15, 0.2) is 12.1 Å². The van der Waals surface area contributed by atoms with Crippen molar-refractivity contribution in [3.05, 3.63) is 28.5 Å². The molecule has 0 spiro atoms. The fourth-order valence-corrected chi connectivity index (χ4v) is 2.49. The van der Waals surface area contributed by atoms with Crippen LogP contribution in [-0.2, 0) is 4.74 Å². The van der Waals surface area contributed by atoms with E-state index >= 15 is 0 Å². The molecule has 0 unspecified atom stereocenters. The molecule has 1 aromatic rings. The van der Waals surface area contributed by atoms with E-state index in [1.54, 1.807) is 5.32 Å². The molecule has 11 heteroatoms. The summed E-state index contributed by atoms with van der Waals surface area (Å²) < 4.78 is 61.0. The molecule has 0 radical (unpaired) electrons. The number of alkyl halides is 3. The zero-order valence-electron chi connectivity index (χ0n) is 15.5. The van der Waals surface area contributed by atoms with Crippen LogP contribution in [0, 0.1) is 11.2 Å². The van der Waals surface area contributed by atoms with E-state index in [1.807, 2.05) is 20.8 Å². The third kappa shape index (κ3) is 8.64. The number of rotatable bonds is 7. The first-order valence-corrected chi connectivity index (χ1v) is 8.48. The van der Waals surface area contributed by atoms with E-state index in [0.717, 1.165) is 12.1 Å². The van der Waals surface area contributed by atoms with Crippen LogP contribution < -0.4 is 15.8 Å². The molecule has 0 heterocycles. The van der Waals surface area contributed by atoms with E-state index in [1.165, 1.54) is 0 Å². The number of ether oxygens (including phenoxy) is 2. The predicted octanol–water partition coefficient (Wildman–Crippen LogP) is 4.05. The van der Waals surface area contributed by atoms with Crippen LogP contribution in [0.25, 0.3) is 0 Å². The molecule has 0 saturated carbocycles. The summed E-state index contributed by atoms with van der Waals surface area (Å²) >= 11 is 5.74. The molecule has 0 bridgehead atoms. The Morgan fingerprint density at radius 3 is 2.36 bits per heavy atom. The summed E-state index contributed by atoms with van der Waals surface area (Å²) in [5, 5.41) is 1.25. The molecule has 0 aliphatic carbocycles. The Labute approximate surface area is 164 Å². The molecule has 158 valence electrons. The molecule has 1 atom stereocenters. The molecular weight excluding hydrogens is 408 g/mol. The molecule has 3 N–H and O–H groups in total. The molecule has 6 nitrogen and oxygen atoms in total. The molecule has 0 aromatic heterocycles. The highest BCUT2D eigenvalue weighted by molar-refractivity contribution is 6.33. The molecule has 1 rings (SSSR count). The number of nitrogens with two attached hydrogens (primary N) is 1. The van der Waals surface area contributed by atoms with Crippen molar-refractivity contribution in [1.82, 2.24) is 5.32 Å². The number of carbonyl (C=O) groups excluding carboxylic acids is 2. The monoisotopic (exact) mass is 428 g/mol. The van der Waals surface area contributed by atoms with Gasteiger partial charge in [-0.25, -0.2) is 9.18 Å². The van der Waals surface area contributed by atoms with Crippen molar-refractivity contribution >= 4 is 23.6 Å². The van der Waals surface area contributed by atoms with Crippen molar-refractivity contribution in [3.63, 3.8) is 0 Å². The maximum Gasteiger partial charge on any atom is 0.405 e. The van der Waals surface area contributed by atoms with Crippen molar-refractivity contribution in [3.8, 4) is 5.75 Å². The highest BCUT2D eigenvalue weighted by Crippen LogP contribution is 2.28. The van der Waals surface area contributed by atoms with E-state index in [4.69, 9.17) is 26.8 Å². The SMILES string of the molecule is CC(C)(C)C[C@@H](COc1cc(C(=O)NCC(F)(F)F)c(Cl)cc1F)OC(N)=O. The molecule has 0 aliphatic rings. The average Bonchev–Trinajstić information content (AvgIpc) is 2.48. The van der Waals surface area contributed by atoms with Gasteiger partial charge in [-0.1, -0.05) is 32.4 Å². The maximum absolute atomic E-state index is 14.1. The normalized spacial score (nSPS) is 13.0. The maximum atomic E-state index is 14.1. The van der Waals surface area contributed by atoms with Gasteiger partial charge in [-0.3, -0.25) is 4.79 Å². The van der Waals surface area contributed by atoms with Gasteiger partial charge < -0.3 is 20.5 Å². The van der Waals surface area contributed by atoms with Crippen molar-refractivity contribution in [1.29, 1.82) is 0 Å². The summed E-state index contributed by atoms with van der Waals surface area (Å²) in [6, 6.07) is 1.62. The Morgan fingerprint density at radius 1 is 1.25 bits per heavy atom.